The Kier molecular flexibility index (Phi) is 8.35. The van der Waals surface area contributed by atoms with Gasteiger partial charge in [-0.1, -0.05) is 127 Å². The second-order valence-corrected chi connectivity index (χ2v) is 15.3. The van der Waals surface area contributed by atoms with Crippen LogP contribution in [0.25, 0.3) is 112 Å². The van der Waals surface area contributed by atoms with Gasteiger partial charge in [0.05, 0.1) is 27.8 Å². The van der Waals surface area contributed by atoms with E-state index in [1.54, 1.807) is 12.4 Å². The van der Waals surface area contributed by atoms with Crippen molar-refractivity contribution in [2.45, 2.75) is 0 Å². The number of fused-ring (bicyclic) bond motifs is 6. The quantitative estimate of drug-likeness (QED) is 0.161. The van der Waals surface area contributed by atoms with Crippen molar-refractivity contribution in [3.05, 3.63) is 213 Å². The highest BCUT2D eigenvalue weighted by Gasteiger charge is 2.24. The number of benzene rings is 7. The van der Waals surface area contributed by atoms with Crippen LogP contribution in [0.1, 0.15) is 0 Å². The molecule has 5 aromatic heterocycles. The largest absolute Gasteiger partial charge is 0.309 e. The Bertz CT molecular complexity index is 3450. The summed E-state index contributed by atoms with van der Waals surface area (Å²) in [7, 11) is 0. The van der Waals surface area contributed by atoms with Gasteiger partial charge in [0.15, 0.2) is 17.5 Å². The van der Waals surface area contributed by atoms with Crippen LogP contribution in [-0.4, -0.2) is 34.1 Å². The van der Waals surface area contributed by atoms with E-state index in [-0.39, 0.29) is 0 Å². The smallest absolute Gasteiger partial charge is 0.182 e. The third-order valence-electron chi connectivity index (χ3n) is 11.7. The summed E-state index contributed by atoms with van der Waals surface area (Å²) in [6.45, 7) is 0. The zero-order valence-corrected chi connectivity index (χ0v) is 33.3. The molecule has 12 aromatic rings. The first kappa shape index (κ1) is 35.4. The van der Waals surface area contributed by atoms with E-state index in [4.69, 9.17) is 15.0 Å². The highest BCUT2D eigenvalue weighted by molar-refractivity contribution is 6.13. The summed E-state index contributed by atoms with van der Waals surface area (Å²) in [6, 6.07) is 70.2. The molecular weight excluding hydrogens is 759 g/mol. The van der Waals surface area contributed by atoms with E-state index in [9.17, 15) is 0 Å². The van der Waals surface area contributed by atoms with Crippen LogP contribution in [0.3, 0.4) is 0 Å². The molecule has 7 nitrogen and oxygen atoms in total. The number of nitrogens with zero attached hydrogens (tertiary/aromatic N) is 7. The molecule has 7 heteroatoms. The van der Waals surface area contributed by atoms with E-state index >= 15 is 0 Å². The van der Waals surface area contributed by atoms with Gasteiger partial charge in [-0.2, -0.15) is 0 Å². The molecule has 0 fully saturated rings. The monoisotopic (exact) mass is 793 g/mol. The summed E-state index contributed by atoms with van der Waals surface area (Å²) in [4.78, 5) is 24.4. The first-order valence-electron chi connectivity index (χ1n) is 20.7. The van der Waals surface area contributed by atoms with Crippen LogP contribution in [0.5, 0.6) is 0 Å². The molecule has 0 N–H and O–H groups in total. The van der Waals surface area contributed by atoms with Crippen molar-refractivity contribution in [2.24, 2.45) is 0 Å². The maximum atomic E-state index is 5.12. The van der Waals surface area contributed by atoms with Crippen LogP contribution in [0, 0.1) is 0 Å². The molecule has 0 saturated carbocycles. The van der Waals surface area contributed by atoms with Gasteiger partial charge in [0, 0.05) is 56.3 Å². The minimum absolute atomic E-state index is 0.476. The maximum absolute atomic E-state index is 5.12. The van der Waals surface area contributed by atoms with Crippen LogP contribution in [0.4, 0.5) is 0 Å². The lowest BCUT2D eigenvalue weighted by Crippen LogP contribution is -2.04. The summed E-state index contributed by atoms with van der Waals surface area (Å²) < 4.78 is 4.84. The van der Waals surface area contributed by atoms with Crippen LogP contribution >= 0.6 is 0 Å². The average molecular weight is 794 g/mol. The molecule has 0 saturated heterocycles. The third-order valence-corrected chi connectivity index (χ3v) is 11.7. The Morgan fingerprint density at radius 2 is 0.742 bits per heavy atom. The molecule has 12 rings (SSSR count). The number of hydrogen-bond donors (Lipinski definition) is 0. The van der Waals surface area contributed by atoms with Gasteiger partial charge in [-0.15, -0.1) is 0 Å². The summed E-state index contributed by atoms with van der Waals surface area (Å²) in [6.07, 6.45) is 3.51. The van der Waals surface area contributed by atoms with Crippen molar-refractivity contribution < 1.29 is 0 Å². The molecule has 0 spiro atoms. The molecule has 0 aliphatic heterocycles. The highest BCUT2D eigenvalue weighted by Crippen LogP contribution is 2.44. The van der Waals surface area contributed by atoms with E-state index in [1.807, 2.05) is 36.4 Å². The summed E-state index contributed by atoms with van der Waals surface area (Å²) in [5.74, 6) is 1.48. The molecule has 0 aliphatic rings. The van der Waals surface area contributed by atoms with Crippen LogP contribution in [-0.2, 0) is 0 Å². The molecule has 0 unspecified atom stereocenters. The summed E-state index contributed by atoms with van der Waals surface area (Å²) in [5.41, 5.74) is 13.1. The van der Waals surface area contributed by atoms with Crippen LogP contribution in [0.2, 0.25) is 0 Å². The molecular formula is C55H35N7. The Labute approximate surface area is 356 Å². The Morgan fingerprint density at radius 1 is 0.306 bits per heavy atom. The first-order chi connectivity index (χ1) is 30.8. The van der Waals surface area contributed by atoms with Crippen molar-refractivity contribution in [2.75, 3.05) is 0 Å². The number of pyridine rings is 2. The van der Waals surface area contributed by atoms with E-state index in [1.165, 1.54) is 32.6 Å². The fourth-order valence-corrected chi connectivity index (χ4v) is 8.95. The Morgan fingerprint density at radius 3 is 1.26 bits per heavy atom. The molecule has 0 amide bonds. The topological polar surface area (TPSA) is 74.3 Å². The van der Waals surface area contributed by atoms with E-state index in [0.29, 0.717) is 28.9 Å². The molecule has 0 atom stereocenters. The first-order valence-corrected chi connectivity index (χ1v) is 20.7. The molecule has 62 heavy (non-hydrogen) atoms. The fourth-order valence-electron chi connectivity index (χ4n) is 8.95. The predicted octanol–water partition coefficient (Wildman–Crippen LogP) is 13.2. The molecule has 0 bridgehead atoms. The standard InChI is InChI=1S/C55H35N7/c1-3-17-36(18-4-1)43-33-38(53-58-54(46-24-13-15-31-56-46)60-55(59-53)47-25-14-16-32-57-47)34-44(37-19-5-2-6-20-37)52(43)62-50-28-12-9-23-42(50)45-35-39(29-30-51(45)62)61-48-26-10-7-21-40(48)41-22-8-11-27-49(41)61/h1-35H. The van der Waals surface area contributed by atoms with Crippen molar-refractivity contribution in [1.29, 1.82) is 0 Å². The molecule has 5 heterocycles. The number of rotatable bonds is 7. The minimum atomic E-state index is 0.476. The number of hydrogen-bond acceptors (Lipinski definition) is 5. The normalized spacial score (nSPS) is 11.5. The van der Waals surface area contributed by atoms with E-state index in [0.717, 1.165) is 50.2 Å². The number of para-hydroxylation sites is 3. The van der Waals surface area contributed by atoms with Crippen molar-refractivity contribution in [3.8, 4) is 68.1 Å². The van der Waals surface area contributed by atoms with Gasteiger partial charge in [-0.05, 0) is 83.9 Å². The molecule has 0 aliphatic carbocycles. The lowest BCUT2D eigenvalue weighted by atomic mass is 9.92. The van der Waals surface area contributed by atoms with Gasteiger partial charge in [-0.25, -0.2) is 15.0 Å². The van der Waals surface area contributed by atoms with Gasteiger partial charge in [0.1, 0.15) is 11.4 Å². The molecule has 290 valence electrons. The molecule has 0 radical (unpaired) electrons. The maximum Gasteiger partial charge on any atom is 0.182 e. The fraction of sp³-hybridized carbons (Fsp3) is 0. The van der Waals surface area contributed by atoms with Crippen molar-refractivity contribution >= 4 is 43.6 Å². The van der Waals surface area contributed by atoms with E-state index < -0.39 is 0 Å². The van der Waals surface area contributed by atoms with Gasteiger partial charge >= 0.3 is 0 Å². The highest BCUT2D eigenvalue weighted by atomic mass is 15.1. The van der Waals surface area contributed by atoms with Crippen molar-refractivity contribution in [1.82, 2.24) is 34.1 Å². The Hall–Kier alpha value is -8.55. The third kappa shape index (κ3) is 5.86. The van der Waals surface area contributed by atoms with Crippen molar-refractivity contribution in [3.63, 3.8) is 0 Å². The van der Waals surface area contributed by atoms with Gasteiger partial charge < -0.3 is 9.13 Å². The van der Waals surface area contributed by atoms with Gasteiger partial charge in [0.2, 0.25) is 0 Å². The van der Waals surface area contributed by atoms with E-state index in [2.05, 4.69) is 183 Å². The zero-order chi connectivity index (χ0) is 41.0. The van der Waals surface area contributed by atoms with Gasteiger partial charge in [-0.3, -0.25) is 9.97 Å². The lowest BCUT2D eigenvalue weighted by Gasteiger charge is -2.21. The lowest BCUT2D eigenvalue weighted by molar-refractivity contribution is 1.05. The average Bonchev–Trinajstić information content (AvgIpc) is 3.87. The SMILES string of the molecule is c1ccc(-c2cc(-c3nc(-c4ccccn4)nc(-c4ccccn4)n3)cc(-c3ccccc3)c2-n2c3ccccc3c3cc(-n4c5ccccc5c5ccccc54)ccc32)cc1. The molecule has 7 aromatic carbocycles. The predicted molar refractivity (Wildman–Crippen MR) is 251 cm³/mol. The summed E-state index contributed by atoms with van der Waals surface area (Å²) >= 11 is 0. The van der Waals surface area contributed by atoms with Crippen LogP contribution in [0.15, 0.2) is 213 Å². The van der Waals surface area contributed by atoms with Crippen LogP contribution < -0.4 is 0 Å². The second kappa shape index (κ2) is 14.6. The van der Waals surface area contributed by atoms with Gasteiger partial charge in [0.25, 0.3) is 0 Å². The Balaban J connectivity index is 1.16. The summed E-state index contributed by atoms with van der Waals surface area (Å²) in [5, 5.41) is 4.82. The second-order valence-electron chi connectivity index (χ2n) is 15.3. The number of aromatic nitrogens is 7. The minimum Gasteiger partial charge on any atom is -0.309 e. The zero-order valence-electron chi connectivity index (χ0n) is 33.3.